The Kier molecular flexibility index (Phi) is 7.16. The number of carbonyl (C=O) groups is 2. The van der Waals surface area contributed by atoms with E-state index in [2.05, 4.69) is 15.8 Å². The standard InChI is InChI=1S/C16H22ClN3O3/c17-13-4-6-14(7-5-13)23-12-16(22)19-18-15(21)8-11-20-9-2-1-3-10-20/h4-7H,1-3,8-12H2,(H,18,21)(H,19,22). The van der Waals surface area contributed by atoms with Gasteiger partial charge in [-0.1, -0.05) is 18.0 Å². The summed E-state index contributed by atoms with van der Waals surface area (Å²) in [6.45, 7) is 2.65. The molecule has 0 atom stereocenters. The van der Waals surface area contributed by atoms with Gasteiger partial charge in [0.25, 0.3) is 5.91 Å². The molecule has 23 heavy (non-hydrogen) atoms. The fraction of sp³-hybridized carbons (Fsp3) is 0.500. The molecule has 1 aromatic rings. The van der Waals surface area contributed by atoms with Crippen molar-refractivity contribution in [2.24, 2.45) is 0 Å². The smallest absolute Gasteiger partial charge is 0.276 e. The normalized spacial score (nSPS) is 15.0. The highest BCUT2D eigenvalue weighted by Gasteiger charge is 2.12. The van der Waals surface area contributed by atoms with Crippen molar-refractivity contribution in [2.75, 3.05) is 26.2 Å². The van der Waals surface area contributed by atoms with Gasteiger partial charge in [-0.2, -0.15) is 0 Å². The second kappa shape index (κ2) is 9.37. The van der Waals surface area contributed by atoms with Gasteiger partial charge in [-0.05, 0) is 50.2 Å². The van der Waals surface area contributed by atoms with Crippen LogP contribution in [-0.4, -0.2) is 43.0 Å². The van der Waals surface area contributed by atoms with E-state index in [0.717, 1.165) is 19.6 Å². The van der Waals surface area contributed by atoms with Crippen LogP contribution in [0.3, 0.4) is 0 Å². The second-order valence-electron chi connectivity index (χ2n) is 5.49. The Bertz CT molecular complexity index is 516. The van der Waals surface area contributed by atoms with E-state index < -0.39 is 5.91 Å². The lowest BCUT2D eigenvalue weighted by Gasteiger charge is -2.25. The van der Waals surface area contributed by atoms with E-state index >= 15 is 0 Å². The molecule has 1 aliphatic rings. The number of nitrogens with zero attached hydrogens (tertiary/aromatic N) is 1. The van der Waals surface area contributed by atoms with Crippen LogP contribution in [0.15, 0.2) is 24.3 Å². The highest BCUT2D eigenvalue weighted by atomic mass is 35.5. The average Bonchev–Trinajstić information content (AvgIpc) is 2.58. The van der Waals surface area contributed by atoms with Gasteiger partial charge < -0.3 is 9.64 Å². The van der Waals surface area contributed by atoms with E-state index in [0.29, 0.717) is 17.2 Å². The van der Waals surface area contributed by atoms with Gasteiger partial charge in [0.1, 0.15) is 5.75 Å². The molecule has 2 amide bonds. The molecule has 6 nitrogen and oxygen atoms in total. The Balaban J connectivity index is 1.57. The highest BCUT2D eigenvalue weighted by molar-refractivity contribution is 6.30. The van der Waals surface area contributed by atoms with Crippen LogP contribution in [-0.2, 0) is 9.59 Å². The van der Waals surface area contributed by atoms with Crippen LogP contribution in [0.4, 0.5) is 0 Å². The number of carbonyl (C=O) groups excluding carboxylic acids is 2. The number of hydrogen-bond donors (Lipinski definition) is 2. The van der Waals surface area contributed by atoms with Crippen LogP contribution in [0.25, 0.3) is 0 Å². The Morgan fingerprint density at radius 3 is 2.39 bits per heavy atom. The second-order valence-corrected chi connectivity index (χ2v) is 5.93. The molecule has 0 unspecified atom stereocenters. The number of halogens is 1. The van der Waals surface area contributed by atoms with Crippen LogP contribution in [0.5, 0.6) is 5.75 Å². The molecule has 2 rings (SSSR count). The van der Waals surface area contributed by atoms with Gasteiger partial charge in [0.15, 0.2) is 6.61 Å². The van der Waals surface area contributed by atoms with Crippen LogP contribution in [0.1, 0.15) is 25.7 Å². The number of likely N-dealkylation sites (tertiary alicyclic amines) is 1. The number of ether oxygens (including phenoxy) is 1. The topological polar surface area (TPSA) is 70.7 Å². The van der Waals surface area contributed by atoms with E-state index in [1.807, 2.05) is 0 Å². The number of piperidine rings is 1. The van der Waals surface area contributed by atoms with Gasteiger partial charge in [0, 0.05) is 18.0 Å². The summed E-state index contributed by atoms with van der Waals surface area (Å²) in [5.74, 6) is -0.0670. The van der Waals surface area contributed by atoms with Crippen molar-refractivity contribution in [3.63, 3.8) is 0 Å². The summed E-state index contributed by atoms with van der Waals surface area (Å²) in [6.07, 6.45) is 4.03. The van der Waals surface area contributed by atoms with E-state index in [1.165, 1.54) is 19.3 Å². The van der Waals surface area contributed by atoms with Crippen LogP contribution in [0, 0.1) is 0 Å². The largest absolute Gasteiger partial charge is 0.484 e. The minimum atomic E-state index is -0.411. The third kappa shape index (κ3) is 6.88. The first-order chi connectivity index (χ1) is 11.1. The predicted octanol–water partition coefficient (Wildman–Crippen LogP) is 1.74. The van der Waals surface area contributed by atoms with Crippen molar-refractivity contribution in [1.82, 2.24) is 15.8 Å². The summed E-state index contributed by atoms with van der Waals surface area (Å²) in [4.78, 5) is 25.6. The van der Waals surface area contributed by atoms with Crippen LogP contribution in [0.2, 0.25) is 5.02 Å². The highest BCUT2D eigenvalue weighted by Crippen LogP contribution is 2.15. The molecular formula is C16H22ClN3O3. The van der Waals surface area contributed by atoms with E-state index in [9.17, 15) is 9.59 Å². The molecular weight excluding hydrogens is 318 g/mol. The summed E-state index contributed by atoms with van der Waals surface area (Å²) >= 11 is 5.76. The maximum absolute atomic E-state index is 11.7. The molecule has 1 heterocycles. The van der Waals surface area contributed by atoms with E-state index in [-0.39, 0.29) is 12.5 Å². The van der Waals surface area contributed by atoms with Crippen molar-refractivity contribution in [3.8, 4) is 5.75 Å². The molecule has 7 heteroatoms. The Morgan fingerprint density at radius 2 is 1.70 bits per heavy atom. The number of benzene rings is 1. The first kappa shape index (κ1) is 17.6. The molecule has 0 aromatic heterocycles. The first-order valence-corrected chi connectivity index (χ1v) is 8.20. The zero-order valence-electron chi connectivity index (χ0n) is 13.0. The SMILES string of the molecule is O=C(CCN1CCCCC1)NNC(=O)COc1ccc(Cl)cc1. The molecule has 1 aliphatic heterocycles. The fourth-order valence-corrected chi connectivity index (χ4v) is 2.49. The molecule has 1 aromatic carbocycles. The molecule has 0 saturated carbocycles. The molecule has 0 spiro atoms. The van der Waals surface area contributed by atoms with E-state index in [1.54, 1.807) is 24.3 Å². The quantitative estimate of drug-likeness (QED) is 0.775. The third-order valence-electron chi connectivity index (χ3n) is 3.63. The maximum atomic E-state index is 11.7. The number of nitrogens with one attached hydrogen (secondary N) is 2. The summed E-state index contributed by atoms with van der Waals surface area (Å²) in [7, 11) is 0. The lowest BCUT2D eigenvalue weighted by Crippen LogP contribution is -2.45. The Morgan fingerprint density at radius 1 is 1.04 bits per heavy atom. The van der Waals surface area contributed by atoms with Crippen LogP contribution < -0.4 is 15.6 Å². The molecule has 2 N–H and O–H groups in total. The Hall–Kier alpha value is -1.79. The van der Waals surface area contributed by atoms with E-state index in [4.69, 9.17) is 16.3 Å². The third-order valence-corrected chi connectivity index (χ3v) is 3.88. The van der Waals surface area contributed by atoms with Gasteiger partial charge in [-0.15, -0.1) is 0 Å². The lowest BCUT2D eigenvalue weighted by molar-refractivity contribution is -0.130. The minimum Gasteiger partial charge on any atom is -0.484 e. The summed E-state index contributed by atoms with van der Waals surface area (Å²) in [5.41, 5.74) is 4.74. The number of rotatable bonds is 6. The zero-order chi connectivity index (χ0) is 16.5. The van der Waals surface area contributed by atoms with Crippen molar-refractivity contribution >= 4 is 23.4 Å². The maximum Gasteiger partial charge on any atom is 0.276 e. The van der Waals surface area contributed by atoms with Gasteiger partial charge in [-0.3, -0.25) is 20.4 Å². The summed E-state index contributed by atoms with van der Waals surface area (Å²) in [6, 6.07) is 6.70. The molecule has 126 valence electrons. The lowest BCUT2D eigenvalue weighted by atomic mass is 10.1. The molecule has 0 bridgehead atoms. The number of hydrogen-bond acceptors (Lipinski definition) is 4. The van der Waals surface area contributed by atoms with Crippen LogP contribution >= 0.6 is 11.6 Å². The average molecular weight is 340 g/mol. The number of hydrazine groups is 1. The van der Waals surface area contributed by atoms with Crippen molar-refractivity contribution in [3.05, 3.63) is 29.3 Å². The molecule has 1 fully saturated rings. The summed E-state index contributed by atoms with van der Waals surface area (Å²) < 4.78 is 5.28. The predicted molar refractivity (Wildman–Crippen MR) is 88.1 cm³/mol. The van der Waals surface area contributed by atoms with Gasteiger partial charge in [0.2, 0.25) is 5.91 Å². The zero-order valence-corrected chi connectivity index (χ0v) is 13.8. The van der Waals surface area contributed by atoms with Crippen molar-refractivity contribution in [2.45, 2.75) is 25.7 Å². The Labute approximate surface area is 141 Å². The van der Waals surface area contributed by atoms with Crippen molar-refractivity contribution in [1.29, 1.82) is 0 Å². The fourth-order valence-electron chi connectivity index (χ4n) is 2.36. The minimum absolute atomic E-state index is 0.173. The summed E-state index contributed by atoms with van der Waals surface area (Å²) in [5, 5.41) is 0.600. The monoisotopic (exact) mass is 339 g/mol. The molecule has 0 aliphatic carbocycles. The molecule has 1 saturated heterocycles. The number of amides is 2. The van der Waals surface area contributed by atoms with Gasteiger partial charge in [0.05, 0.1) is 0 Å². The van der Waals surface area contributed by atoms with Crippen molar-refractivity contribution < 1.29 is 14.3 Å². The first-order valence-electron chi connectivity index (χ1n) is 7.82. The van der Waals surface area contributed by atoms with Gasteiger partial charge >= 0.3 is 0 Å². The molecule has 0 radical (unpaired) electrons. The van der Waals surface area contributed by atoms with Gasteiger partial charge in [-0.25, -0.2) is 0 Å².